The molecule has 2 aromatic rings. The molecule has 0 radical (unpaired) electrons. The van der Waals surface area contributed by atoms with E-state index in [1.165, 1.54) is 32.9 Å². The SMILES string of the molecule is CCN(CC)S(=O)(=O)c1ccc(C(=O)NCCCS(=O)(=O)N2CCc3cc(OC)c(OC)cc3C2)cc1. The highest BCUT2D eigenvalue weighted by atomic mass is 32.2. The van der Waals surface area contributed by atoms with E-state index in [-0.39, 0.29) is 30.2 Å². The summed E-state index contributed by atoms with van der Waals surface area (Å²) in [7, 11) is -4.02. The summed E-state index contributed by atoms with van der Waals surface area (Å²) in [6.45, 7) is 5.05. The molecule has 3 rings (SSSR count). The van der Waals surface area contributed by atoms with Crippen LogP contribution in [0.1, 0.15) is 41.8 Å². The molecule has 204 valence electrons. The molecule has 12 heteroatoms. The molecule has 0 spiro atoms. The number of hydrogen-bond donors (Lipinski definition) is 1. The fraction of sp³-hybridized carbons (Fsp3) is 0.480. The number of rotatable bonds is 12. The van der Waals surface area contributed by atoms with E-state index >= 15 is 0 Å². The summed E-state index contributed by atoms with van der Waals surface area (Å²) >= 11 is 0. The zero-order chi connectivity index (χ0) is 27.2. The van der Waals surface area contributed by atoms with Crippen molar-refractivity contribution in [3.05, 3.63) is 53.1 Å². The molecule has 0 saturated heterocycles. The first-order valence-electron chi connectivity index (χ1n) is 12.2. The molecule has 0 aliphatic carbocycles. The van der Waals surface area contributed by atoms with Crippen molar-refractivity contribution >= 4 is 26.0 Å². The van der Waals surface area contributed by atoms with Crippen molar-refractivity contribution < 1.29 is 31.1 Å². The molecule has 10 nitrogen and oxygen atoms in total. The monoisotopic (exact) mass is 553 g/mol. The van der Waals surface area contributed by atoms with Gasteiger partial charge in [-0.25, -0.2) is 16.8 Å². The highest BCUT2D eigenvalue weighted by Crippen LogP contribution is 2.33. The third-order valence-electron chi connectivity index (χ3n) is 6.40. The lowest BCUT2D eigenvalue weighted by atomic mass is 10.0. The van der Waals surface area contributed by atoms with Crippen LogP contribution in [0.4, 0.5) is 0 Å². The van der Waals surface area contributed by atoms with E-state index in [1.807, 2.05) is 12.1 Å². The summed E-state index contributed by atoms with van der Waals surface area (Å²) in [5.74, 6) is 0.684. The third kappa shape index (κ3) is 6.61. The Labute approximate surface area is 219 Å². The van der Waals surface area contributed by atoms with Gasteiger partial charge in [0.15, 0.2) is 11.5 Å². The second-order valence-electron chi connectivity index (χ2n) is 8.60. The Bertz CT molecular complexity index is 1310. The van der Waals surface area contributed by atoms with E-state index in [4.69, 9.17) is 9.47 Å². The maximum atomic E-state index is 12.9. The van der Waals surface area contributed by atoms with Crippen molar-refractivity contribution in [1.82, 2.24) is 13.9 Å². The summed E-state index contributed by atoms with van der Waals surface area (Å²) < 4.78 is 64.5. The van der Waals surface area contributed by atoms with Gasteiger partial charge in [0.05, 0.1) is 24.9 Å². The van der Waals surface area contributed by atoms with Crippen LogP contribution in [0.2, 0.25) is 0 Å². The topological polar surface area (TPSA) is 122 Å². The quantitative estimate of drug-likeness (QED) is 0.400. The molecule has 37 heavy (non-hydrogen) atoms. The van der Waals surface area contributed by atoms with Crippen LogP contribution in [-0.2, 0) is 33.0 Å². The number of carbonyl (C=O) groups excluding carboxylic acids is 1. The lowest BCUT2D eigenvalue weighted by Gasteiger charge is -2.29. The van der Waals surface area contributed by atoms with Gasteiger partial charge in [0.2, 0.25) is 20.0 Å². The minimum Gasteiger partial charge on any atom is -0.493 e. The van der Waals surface area contributed by atoms with Gasteiger partial charge in [0, 0.05) is 38.3 Å². The molecule has 0 unspecified atom stereocenters. The molecule has 1 N–H and O–H groups in total. The molecule has 0 fully saturated rings. The van der Waals surface area contributed by atoms with Crippen LogP contribution >= 0.6 is 0 Å². The summed E-state index contributed by atoms with van der Waals surface area (Å²) in [6, 6.07) is 9.43. The average Bonchev–Trinajstić information content (AvgIpc) is 2.90. The van der Waals surface area contributed by atoms with E-state index in [9.17, 15) is 21.6 Å². The minimum absolute atomic E-state index is 0.100. The summed E-state index contributed by atoms with van der Waals surface area (Å²) in [6.07, 6.45) is 0.823. The molecule has 0 saturated carbocycles. The molecule has 1 amide bonds. The molecular formula is C25H35N3O7S2. The van der Waals surface area contributed by atoms with Crippen molar-refractivity contribution in [2.24, 2.45) is 0 Å². The van der Waals surface area contributed by atoms with E-state index in [0.29, 0.717) is 43.1 Å². The number of ether oxygens (including phenoxy) is 2. The predicted octanol–water partition coefficient (Wildman–Crippen LogP) is 2.24. The summed E-state index contributed by atoms with van der Waals surface area (Å²) in [4.78, 5) is 12.6. The van der Waals surface area contributed by atoms with Crippen LogP contribution in [0, 0.1) is 0 Å². The van der Waals surface area contributed by atoms with E-state index in [0.717, 1.165) is 11.1 Å². The van der Waals surface area contributed by atoms with Crippen LogP contribution in [0.15, 0.2) is 41.3 Å². The second kappa shape index (κ2) is 12.2. The van der Waals surface area contributed by atoms with E-state index < -0.39 is 26.0 Å². The van der Waals surface area contributed by atoms with Gasteiger partial charge in [0.1, 0.15) is 0 Å². The Balaban J connectivity index is 1.54. The van der Waals surface area contributed by atoms with Crippen LogP contribution in [0.3, 0.4) is 0 Å². The fourth-order valence-corrected chi connectivity index (χ4v) is 7.20. The van der Waals surface area contributed by atoms with Crippen molar-refractivity contribution in [2.75, 3.05) is 46.2 Å². The standard InChI is InChI=1S/C25H35N3O7S2/c1-5-27(6-2)37(32,33)22-10-8-19(9-11-22)25(29)26-13-7-15-36(30,31)28-14-12-20-16-23(34-3)24(35-4)17-21(20)18-28/h8-11,16-17H,5-7,12-15,18H2,1-4H3,(H,26,29). The Morgan fingerprint density at radius 1 is 0.973 bits per heavy atom. The molecule has 1 aliphatic heterocycles. The Morgan fingerprint density at radius 2 is 1.57 bits per heavy atom. The van der Waals surface area contributed by atoms with E-state index in [2.05, 4.69) is 5.32 Å². The van der Waals surface area contributed by atoms with Crippen LogP contribution in [0.5, 0.6) is 11.5 Å². The highest BCUT2D eigenvalue weighted by molar-refractivity contribution is 7.89. The summed E-state index contributed by atoms with van der Waals surface area (Å²) in [5, 5.41) is 2.71. The maximum absolute atomic E-state index is 12.9. The van der Waals surface area contributed by atoms with Gasteiger partial charge in [-0.3, -0.25) is 4.79 Å². The van der Waals surface area contributed by atoms with Gasteiger partial charge in [-0.05, 0) is 60.4 Å². The van der Waals surface area contributed by atoms with E-state index in [1.54, 1.807) is 28.1 Å². The zero-order valence-corrected chi connectivity index (χ0v) is 23.3. The number of sulfonamides is 2. The first kappa shape index (κ1) is 28.9. The lowest BCUT2D eigenvalue weighted by molar-refractivity contribution is 0.0953. The van der Waals surface area contributed by atoms with Gasteiger partial charge in [-0.15, -0.1) is 0 Å². The third-order valence-corrected chi connectivity index (χ3v) is 10.4. The van der Waals surface area contributed by atoms with Gasteiger partial charge in [0.25, 0.3) is 5.91 Å². The number of fused-ring (bicyclic) bond motifs is 1. The number of nitrogens with one attached hydrogen (secondary N) is 1. The minimum atomic E-state index is -3.60. The first-order valence-corrected chi connectivity index (χ1v) is 15.2. The summed E-state index contributed by atoms with van der Waals surface area (Å²) in [5.41, 5.74) is 2.22. The van der Waals surface area contributed by atoms with Crippen molar-refractivity contribution in [3.63, 3.8) is 0 Å². The Hall–Kier alpha value is -2.67. The smallest absolute Gasteiger partial charge is 0.251 e. The predicted molar refractivity (Wildman–Crippen MR) is 141 cm³/mol. The van der Waals surface area contributed by atoms with Crippen molar-refractivity contribution in [1.29, 1.82) is 0 Å². The number of carbonyl (C=O) groups is 1. The largest absolute Gasteiger partial charge is 0.493 e. The molecule has 1 heterocycles. The number of methoxy groups -OCH3 is 2. The molecule has 1 aliphatic rings. The van der Waals surface area contributed by atoms with Gasteiger partial charge < -0.3 is 14.8 Å². The van der Waals surface area contributed by atoms with Crippen LogP contribution < -0.4 is 14.8 Å². The lowest BCUT2D eigenvalue weighted by Crippen LogP contribution is -2.38. The Kier molecular flexibility index (Phi) is 9.57. The number of hydrogen-bond acceptors (Lipinski definition) is 7. The molecular weight excluding hydrogens is 518 g/mol. The molecule has 0 bridgehead atoms. The van der Waals surface area contributed by atoms with Gasteiger partial charge in [-0.2, -0.15) is 8.61 Å². The van der Waals surface area contributed by atoms with Crippen LogP contribution in [-0.4, -0.2) is 77.5 Å². The maximum Gasteiger partial charge on any atom is 0.251 e. The number of amides is 1. The normalized spacial score (nSPS) is 14.3. The van der Waals surface area contributed by atoms with Crippen molar-refractivity contribution in [3.8, 4) is 11.5 Å². The number of benzene rings is 2. The first-order chi connectivity index (χ1) is 17.6. The second-order valence-corrected chi connectivity index (χ2v) is 12.6. The molecule has 2 aromatic carbocycles. The van der Waals surface area contributed by atoms with Gasteiger partial charge in [-0.1, -0.05) is 13.8 Å². The number of nitrogens with zero attached hydrogens (tertiary/aromatic N) is 2. The molecule has 0 aromatic heterocycles. The Morgan fingerprint density at radius 3 is 2.14 bits per heavy atom. The van der Waals surface area contributed by atoms with Gasteiger partial charge >= 0.3 is 0 Å². The van der Waals surface area contributed by atoms with Crippen molar-refractivity contribution in [2.45, 2.75) is 38.1 Å². The van der Waals surface area contributed by atoms with Crippen LogP contribution in [0.25, 0.3) is 0 Å². The highest BCUT2D eigenvalue weighted by Gasteiger charge is 2.28. The molecule has 0 atom stereocenters. The average molecular weight is 554 g/mol. The zero-order valence-electron chi connectivity index (χ0n) is 21.7. The fourth-order valence-electron chi connectivity index (χ4n) is 4.27.